The Labute approximate surface area is 200 Å². The van der Waals surface area contributed by atoms with Gasteiger partial charge in [0, 0.05) is 30.7 Å². The summed E-state index contributed by atoms with van der Waals surface area (Å²) in [7, 11) is 0. The molecular formula is C26H22FN7O. The molecule has 1 fully saturated rings. The van der Waals surface area contributed by atoms with E-state index in [0.29, 0.717) is 35.7 Å². The summed E-state index contributed by atoms with van der Waals surface area (Å²) < 4.78 is 16.8. The molecule has 0 bridgehead atoms. The van der Waals surface area contributed by atoms with E-state index in [1.54, 1.807) is 23.0 Å². The molecule has 6 rings (SSSR count). The molecule has 6 heterocycles. The Morgan fingerprint density at radius 3 is 2.77 bits per heavy atom. The summed E-state index contributed by atoms with van der Waals surface area (Å²) in [6.45, 7) is 1.23. The smallest absolute Gasteiger partial charge is 0.258 e. The van der Waals surface area contributed by atoms with Crippen LogP contribution in [0.3, 0.4) is 0 Å². The third-order valence-corrected chi connectivity index (χ3v) is 6.35. The minimum atomic E-state index is -0.376. The first kappa shape index (κ1) is 21.2. The van der Waals surface area contributed by atoms with Gasteiger partial charge in [-0.15, -0.1) is 0 Å². The number of aromatic nitrogens is 6. The number of hydrogen-bond donors (Lipinski definition) is 0. The Bertz CT molecular complexity index is 1490. The fourth-order valence-corrected chi connectivity index (χ4v) is 4.69. The van der Waals surface area contributed by atoms with E-state index < -0.39 is 0 Å². The Hall–Kier alpha value is -4.40. The van der Waals surface area contributed by atoms with E-state index in [-0.39, 0.29) is 17.8 Å². The van der Waals surface area contributed by atoms with Crippen LogP contribution in [0.25, 0.3) is 28.2 Å². The van der Waals surface area contributed by atoms with E-state index in [2.05, 4.69) is 20.2 Å². The first-order valence-electron chi connectivity index (χ1n) is 11.5. The van der Waals surface area contributed by atoms with Crippen molar-refractivity contribution in [1.29, 1.82) is 0 Å². The van der Waals surface area contributed by atoms with Crippen LogP contribution in [0, 0.1) is 5.82 Å². The lowest BCUT2D eigenvalue weighted by Gasteiger charge is -2.25. The van der Waals surface area contributed by atoms with Crippen molar-refractivity contribution in [2.45, 2.75) is 25.4 Å². The highest BCUT2D eigenvalue weighted by atomic mass is 19.1. The molecule has 0 saturated carbocycles. The molecule has 9 heteroatoms. The quantitative estimate of drug-likeness (QED) is 0.389. The zero-order valence-electron chi connectivity index (χ0n) is 18.8. The van der Waals surface area contributed by atoms with Gasteiger partial charge in [0.05, 0.1) is 47.4 Å². The third-order valence-electron chi connectivity index (χ3n) is 6.35. The van der Waals surface area contributed by atoms with Gasteiger partial charge in [0.15, 0.2) is 0 Å². The highest BCUT2D eigenvalue weighted by molar-refractivity contribution is 6.06. The maximum absolute atomic E-state index is 13.9. The number of halogens is 1. The number of carbonyl (C=O) groups is 1. The Kier molecular flexibility index (Phi) is 5.29. The van der Waals surface area contributed by atoms with Crippen LogP contribution in [0.2, 0.25) is 0 Å². The van der Waals surface area contributed by atoms with Crippen LogP contribution in [0.15, 0.2) is 79.5 Å². The van der Waals surface area contributed by atoms with Crippen LogP contribution in [-0.4, -0.2) is 52.8 Å². The van der Waals surface area contributed by atoms with Crippen molar-refractivity contribution in [3.05, 3.63) is 90.9 Å². The molecule has 1 aliphatic heterocycles. The van der Waals surface area contributed by atoms with Crippen LogP contribution in [0.1, 0.15) is 23.2 Å². The molecule has 0 spiro atoms. The van der Waals surface area contributed by atoms with Crippen molar-refractivity contribution in [2.24, 2.45) is 0 Å². The molecule has 0 N–H and O–H groups in total. The number of amides is 1. The molecule has 5 aromatic heterocycles. The predicted molar refractivity (Wildman–Crippen MR) is 128 cm³/mol. The number of pyridine rings is 3. The Balaban J connectivity index is 1.30. The molecule has 1 atom stereocenters. The summed E-state index contributed by atoms with van der Waals surface area (Å²) in [5.74, 6) is -0.430. The SMILES string of the molecule is O=C(c1c(-c2ccccn2)nn2ccccc12)N1CCC[C@H]1Cn1cc(-c2ccc(F)cn2)cn1. The molecule has 8 nitrogen and oxygen atoms in total. The van der Waals surface area contributed by atoms with Crippen molar-refractivity contribution in [2.75, 3.05) is 6.54 Å². The zero-order valence-corrected chi connectivity index (χ0v) is 18.8. The number of fused-ring (bicyclic) bond motifs is 1. The van der Waals surface area contributed by atoms with E-state index in [0.717, 1.165) is 23.9 Å². The number of carbonyl (C=O) groups excluding carboxylic acids is 1. The molecule has 0 aromatic carbocycles. The number of hydrogen-bond acceptors (Lipinski definition) is 5. The average Bonchev–Trinajstić information content (AvgIpc) is 3.63. The topological polar surface area (TPSA) is 81.2 Å². The summed E-state index contributed by atoms with van der Waals surface area (Å²) >= 11 is 0. The minimum Gasteiger partial charge on any atom is -0.334 e. The fraction of sp³-hybridized carbons (Fsp3) is 0.192. The maximum Gasteiger partial charge on any atom is 0.258 e. The van der Waals surface area contributed by atoms with Gasteiger partial charge in [0.2, 0.25) is 0 Å². The Morgan fingerprint density at radius 1 is 1.03 bits per heavy atom. The van der Waals surface area contributed by atoms with Crippen molar-refractivity contribution < 1.29 is 9.18 Å². The first-order chi connectivity index (χ1) is 17.2. The summed E-state index contributed by atoms with van der Waals surface area (Å²) in [5, 5.41) is 9.15. The molecular weight excluding hydrogens is 445 g/mol. The van der Waals surface area contributed by atoms with E-state index >= 15 is 0 Å². The number of likely N-dealkylation sites (tertiary alicyclic amines) is 1. The summed E-state index contributed by atoms with van der Waals surface area (Å²) in [5.41, 5.74) is 4.03. The molecule has 174 valence electrons. The van der Waals surface area contributed by atoms with E-state index in [1.807, 2.05) is 58.4 Å². The van der Waals surface area contributed by atoms with Gasteiger partial charge < -0.3 is 4.90 Å². The second-order valence-electron chi connectivity index (χ2n) is 8.58. The molecule has 0 unspecified atom stereocenters. The van der Waals surface area contributed by atoms with Crippen LogP contribution in [0.4, 0.5) is 4.39 Å². The van der Waals surface area contributed by atoms with Gasteiger partial charge in [-0.2, -0.15) is 10.2 Å². The maximum atomic E-state index is 13.9. The van der Waals surface area contributed by atoms with E-state index in [4.69, 9.17) is 0 Å². The van der Waals surface area contributed by atoms with Crippen molar-refractivity contribution in [1.82, 2.24) is 34.3 Å². The lowest BCUT2D eigenvalue weighted by molar-refractivity contribution is 0.0724. The molecule has 1 amide bonds. The normalized spacial score (nSPS) is 15.7. The zero-order chi connectivity index (χ0) is 23.8. The van der Waals surface area contributed by atoms with Crippen LogP contribution >= 0.6 is 0 Å². The van der Waals surface area contributed by atoms with Gasteiger partial charge in [-0.1, -0.05) is 12.1 Å². The lowest BCUT2D eigenvalue weighted by Crippen LogP contribution is -2.38. The van der Waals surface area contributed by atoms with Gasteiger partial charge in [-0.25, -0.2) is 8.91 Å². The van der Waals surface area contributed by atoms with Crippen molar-refractivity contribution in [3.8, 4) is 22.6 Å². The third kappa shape index (κ3) is 3.95. The lowest BCUT2D eigenvalue weighted by atomic mass is 10.1. The van der Waals surface area contributed by atoms with Gasteiger partial charge in [-0.05, 0) is 49.2 Å². The predicted octanol–water partition coefficient (Wildman–Crippen LogP) is 4.10. The Morgan fingerprint density at radius 2 is 1.94 bits per heavy atom. The van der Waals surface area contributed by atoms with Crippen molar-refractivity contribution >= 4 is 11.4 Å². The highest BCUT2D eigenvalue weighted by Gasteiger charge is 2.33. The monoisotopic (exact) mass is 467 g/mol. The standard InChI is InChI=1S/C26H22FN7O/c27-19-9-10-21(29-15-19)18-14-30-32(16-18)17-20-6-5-12-33(20)26(35)24-23-8-2-4-13-34(23)31-25(24)22-7-1-3-11-28-22/h1-4,7-11,13-16,20H,5-6,12,17H2/t20-/m0/s1. The molecule has 35 heavy (non-hydrogen) atoms. The highest BCUT2D eigenvalue weighted by Crippen LogP contribution is 2.30. The van der Waals surface area contributed by atoms with Gasteiger partial charge >= 0.3 is 0 Å². The summed E-state index contributed by atoms with van der Waals surface area (Å²) in [6.07, 6.45) is 10.1. The van der Waals surface area contributed by atoms with Gasteiger partial charge in [0.1, 0.15) is 11.5 Å². The van der Waals surface area contributed by atoms with Crippen LogP contribution in [-0.2, 0) is 6.54 Å². The van der Waals surface area contributed by atoms with Crippen LogP contribution in [0.5, 0.6) is 0 Å². The molecule has 0 aliphatic carbocycles. The molecule has 5 aromatic rings. The van der Waals surface area contributed by atoms with Gasteiger partial charge in [-0.3, -0.25) is 19.4 Å². The summed E-state index contributed by atoms with van der Waals surface area (Å²) in [6, 6.07) is 14.3. The molecule has 1 aliphatic rings. The first-order valence-corrected chi connectivity index (χ1v) is 11.5. The number of rotatable bonds is 5. The molecule has 1 saturated heterocycles. The number of nitrogens with zero attached hydrogens (tertiary/aromatic N) is 7. The van der Waals surface area contributed by atoms with Crippen LogP contribution < -0.4 is 0 Å². The second kappa shape index (κ2) is 8.75. The average molecular weight is 468 g/mol. The fourth-order valence-electron chi connectivity index (χ4n) is 4.69. The second-order valence-corrected chi connectivity index (χ2v) is 8.58. The summed E-state index contributed by atoms with van der Waals surface area (Å²) in [4.78, 5) is 24.4. The van der Waals surface area contributed by atoms with E-state index in [9.17, 15) is 9.18 Å². The largest absolute Gasteiger partial charge is 0.334 e. The van der Waals surface area contributed by atoms with Crippen molar-refractivity contribution in [3.63, 3.8) is 0 Å². The molecule has 0 radical (unpaired) electrons. The van der Waals surface area contributed by atoms with Gasteiger partial charge in [0.25, 0.3) is 5.91 Å². The minimum absolute atomic E-state index is 0.00771. The van der Waals surface area contributed by atoms with E-state index in [1.165, 1.54) is 12.3 Å².